The van der Waals surface area contributed by atoms with E-state index < -0.39 is 102 Å². The summed E-state index contributed by atoms with van der Waals surface area (Å²) in [5.74, 6) is -7.58. The summed E-state index contributed by atoms with van der Waals surface area (Å²) in [5, 5.41) is 46.4. The normalized spacial score (nSPS) is 53.2. The summed E-state index contributed by atoms with van der Waals surface area (Å²) in [6, 6.07) is 0. The van der Waals surface area contributed by atoms with Crippen LogP contribution in [0.25, 0.3) is 0 Å². The Morgan fingerprint density at radius 1 is 0.785 bits per heavy atom. The molecule has 7 aliphatic heterocycles. The van der Waals surface area contributed by atoms with E-state index in [1.54, 1.807) is 28.1 Å². The summed E-state index contributed by atoms with van der Waals surface area (Å²) in [5.41, 5.74) is -1.61. The molecule has 7 fully saturated rings. The van der Waals surface area contributed by atoms with Crippen LogP contribution in [0.3, 0.4) is 0 Å². The summed E-state index contributed by atoms with van der Waals surface area (Å²) < 4.78 is 77.5. The maximum Gasteiger partial charge on any atom is 1.00 e. The predicted octanol–water partition coefficient (Wildman–Crippen LogP) is -0.0138. The van der Waals surface area contributed by atoms with E-state index in [9.17, 15) is 25.2 Å². The van der Waals surface area contributed by atoms with E-state index in [2.05, 4.69) is 13.8 Å². The molecule has 17 nitrogen and oxygen atoms in total. The molecule has 0 amide bonds. The third kappa shape index (κ3) is 10.7. The van der Waals surface area contributed by atoms with Gasteiger partial charge in [0.15, 0.2) is 23.7 Å². The zero-order valence-electron chi connectivity index (χ0n) is 41.4. The fourth-order valence-electron chi connectivity index (χ4n) is 12.7. The fraction of sp³-hybridized carbons (Fsp3) is 0.979. The minimum Gasteiger partial charge on any atom is -0.550 e. The zero-order chi connectivity index (χ0) is 46.9. The summed E-state index contributed by atoms with van der Waals surface area (Å²) in [6.45, 7) is 17.4. The minimum atomic E-state index is -2.09. The maximum absolute atomic E-state index is 11.8. The molecule has 0 aromatic rings. The van der Waals surface area contributed by atoms with Crippen LogP contribution in [0.2, 0.25) is 0 Å². The molecule has 3 N–H and O–H groups in total. The number of carboxylic acid groups (broad SMARTS) is 1. The number of aliphatic hydroxyl groups excluding tert-OH is 1. The van der Waals surface area contributed by atoms with Crippen molar-refractivity contribution in [3.05, 3.63) is 0 Å². The average molecular weight is 955 g/mol. The van der Waals surface area contributed by atoms with Gasteiger partial charge in [-0.2, -0.15) is 0 Å². The van der Waals surface area contributed by atoms with Crippen LogP contribution < -0.4 is 56.5 Å². The molecule has 0 aromatic carbocycles. The first-order valence-corrected chi connectivity index (χ1v) is 23.8. The zero-order valence-corrected chi connectivity index (χ0v) is 44.5. The van der Waals surface area contributed by atoms with Crippen molar-refractivity contribution in [2.75, 3.05) is 28.4 Å². The van der Waals surface area contributed by atoms with Crippen molar-refractivity contribution < 1.29 is 133 Å². The van der Waals surface area contributed by atoms with Crippen molar-refractivity contribution in [3.63, 3.8) is 0 Å². The molecule has 65 heavy (non-hydrogen) atoms. The molecule has 7 saturated heterocycles. The molecule has 0 unspecified atom stereocenters. The van der Waals surface area contributed by atoms with Gasteiger partial charge in [0.25, 0.3) is 0 Å². The second-order valence-corrected chi connectivity index (χ2v) is 21.3. The van der Waals surface area contributed by atoms with E-state index in [-0.39, 0.29) is 112 Å². The fourth-order valence-corrected chi connectivity index (χ4v) is 12.7. The van der Waals surface area contributed by atoms with Gasteiger partial charge < -0.3 is 82.1 Å². The Morgan fingerprint density at radius 2 is 1.46 bits per heavy atom. The Bertz CT molecular complexity index is 1610. The van der Waals surface area contributed by atoms with Gasteiger partial charge in [-0.15, -0.1) is 0 Å². The van der Waals surface area contributed by atoms with E-state index >= 15 is 0 Å². The predicted molar refractivity (Wildman–Crippen MR) is 225 cm³/mol. The third-order valence-electron chi connectivity index (χ3n) is 16.8. The molecule has 7 heterocycles. The van der Waals surface area contributed by atoms with Gasteiger partial charge in [0.2, 0.25) is 0 Å². The van der Waals surface area contributed by atoms with Crippen LogP contribution in [0.15, 0.2) is 0 Å². The smallest absolute Gasteiger partial charge is 0.550 e. The third-order valence-corrected chi connectivity index (χ3v) is 16.8. The molecule has 0 radical (unpaired) electrons. The second-order valence-electron chi connectivity index (χ2n) is 21.3. The Balaban J connectivity index is 0.00000700. The molecule has 7 rings (SSSR count). The van der Waals surface area contributed by atoms with Crippen molar-refractivity contribution in [1.29, 1.82) is 0 Å². The average Bonchev–Trinajstić information content (AvgIpc) is 3.94. The number of ether oxygens (including phenoxy) is 12. The van der Waals surface area contributed by atoms with Crippen molar-refractivity contribution in [2.45, 2.75) is 234 Å². The molecule has 18 heteroatoms. The summed E-state index contributed by atoms with van der Waals surface area (Å²) in [7, 11) is 6.34. The van der Waals surface area contributed by atoms with Crippen LogP contribution in [-0.2, 0) is 61.6 Å². The Morgan fingerprint density at radius 3 is 2.09 bits per heavy atom. The van der Waals surface area contributed by atoms with Crippen LogP contribution in [-0.4, -0.2) is 164 Å². The number of carbonyl (C=O) groups is 1. The number of carboxylic acids is 1. The van der Waals surface area contributed by atoms with E-state index in [0.717, 1.165) is 6.42 Å². The topological polar surface area (TPSA) is 212 Å². The number of aliphatic carboxylic acids is 1. The molecule has 0 aliphatic carbocycles. The monoisotopic (exact) mass is 954 g/mol. The second kappa shape index (κ2) is 20.9. The number of hydrogen-bond acceptors (Lipinski definition) is 17. The number of carbonyl (C=O) groups excluding carboxylic acids is 1. The summed E-state index contributed by atoms with van der Waals surface area (Å²) in [6.07, 6.45) is -3.46. The first kappa shape index (κ1) is 54.8. The summed E-state index contributed by atoms with van der Waals surface area (Å²) >= 11 is 0. The Labute approximate surface area is 428 Å². The van der Waals surface area contributed by atoms with Gasteiger partial charge in [0.1, 0.15) is 18.3 Å². The van der Waals surface area contributed by atoms with Crippen LogP contribution in [0.5, 0.6) is 0 Å². The number of hydrogen-bond donors (Lipinski definition) is 3. The molecule has 0 aromatic heterocycles. The van der Waals surface area contributed by atoms with Gasteiger partial charge in [-0.3, -0.25) is 0 Å². The van der Waals surface area contributed by atoms with Crippen LogP contribution in [0.4, 0.5) is 0 Å². The molecular weight excluding hydrogens is 876 g/mol. The van der Waals surface area contributed by atoms with Gasteiger partial charge in [-0.1, -0.05) is 34.6 Å². The van der Waals surface area contributed by atoms with Gasteiger partial charge >= 0.3 is 51.4 Å². The van der Waals surface area contributed by atoms with Crippen LogP contribution in [0, 0.1) is 29.6 Å². The standard InChI is InChI=1S/C47H80O17.K/c1-23-18-24(2)45(9,51)61-36(23)31-19-32(58-35-20-30(53-10)40(55-12)28(6)57-35)42(59-31)44(8)15-14-33(60-44)43(7)16-17-46(64-43)21-29(48)25(3)37(62-46)26(4)38-41(56-13)39(54-11)27(5)47(52,63-38)22-34(49)50;/h23-33,35-42,48,51-52H,14-22H2,1-13H3,(H,49,50);/q;+1/p-1/t23-,24+,25+,26+,27-,28-,29-,30-,31+,32-,33+,35+,36-,37-,38-,39-,40-,41-,42+,43-,44-,45-,46+,47+;/m0./s1. The van der Waals surface area contributed by atoms with Crippen molar-refractivity contribution >= 4 is 5.97 Å². The Hall–Kier alpha value is 0.506. The maximum atomic E-state index is 11.8. The SMILES string of the molecule is CO[C@@H]1[C@@H](OC)[C@H](C)[C@@](O)(CC(=O)[O-])O[C@H]1[C@H](C)[C@H]1O[C@@]2(CC[C@@](C)([C@H]3CC[C@@](C)([C@@H]4O[C@@H]([C@H]5O[C@](C)(O)[C@H](C)C[C@@H]5C)C[C@@H]4O[C@@H]4C[C@H](OC)[C@@H](OC)[C@H](C)O4)O3)O2)C[C@H](O)[C@H]1C.[K+]. The molecule has 24 atom stereocenters. The number of rotatable bonds is 13. The van der Waals surface area contributed by atoms with Gasteiger partial charge in [0, 0.05) is 90.2 Å². The molecule has 1 spiro atoms. The quantitative estimate of drug-likeness (QED) is 0.207. The van der Waals surface area contributed by atoms with E-state index in [1.807, 2.05) is 34.6 Å². The summed E-state index contributed by atoms with van der Waals surface area (Å²) in [4.78, 5) is 11.8. The van der Waals surface area contributed by atoms with Crippen molar-refractivity contribution in [1.82, 2.24) is 0 Å². The molecule has 0 bridgehead atoms. The molecular formula is C47H79KO17. The van der Waals surface area contributed by atoms with Crippen molar-refractivity contribution in [3.8, 4) is 0 Å². The van der Waals surface area contributed by atoms with E-state index in [1.165, 1.54) is 14.2 Å². The van der Waals surface area contributed by atoms with E-state index in [0.29, 0.717) is 38.5 Å². The molecule has 7 aliphatic rings. The first-order valence-electron chi connectivity index (χ1n) is 23.8. The van der Waals surface area contributed by atoms with Gasteiger partial charge in [-0.25, -0.2) is 0 Å². The number of aliphatic hydroxyl groups is 3. The van der Waals surface area contributed by atoms with Gasteiger partial charge in [-0.05, 0) is 59.3 Å². The van der Waals surface area contributed by atoms with E-state index in [4.69, 9.17) is 56.8 Å². The Kier molecular flexibility index (Phi) is 17.7. The largest absolute Gasteiger partial charge is 1.00 e. The van der Waals surface area contributed by atoms with Crippen LogP contribution >= 0.6 is 0 Å². The number of methoxy groups -OCH3 is 4. The van der Waals surface area contributed by atoms with Gasteiger partial charge in [0.05, 0.1) is 72.2 Å². The van der Waals surface area contributed by atoms with Crippen molar-refractivity contribution in [2.24, 2.45) is 29.6 Å². The first-order chi connectivity index (χ1) is 30.0. The van der Waals surface area contributed by atoms with Crippen LogP contribution in [0.1, 0.15) is 120 Å². The molecule has 0 saturated carbocycles. The molecule has 370 valence electrons. The minimum absolute atomic E-state index is 0.